The Morgan fingerprint density at radius 1 is 0.400 bits per heavy atom. The molecule has 2 N–H and O–H groups in total. The maximum atomic E-state index is 10.3. The number of aliphatic carboxylic acids is 2. The van der Waals surface area contributed by atoms with E-state index in [-0.39, 0.29) is 6.42 Å². The summed E-state index contributed by atoms with van der Waals surface area (Å²) in [5, 5.41) is 17.0. The van der Waals surface area contributed by atoms with Gasteiger partial charge in [0.25, 0.3) is 0 Å². The highest BCUT2D eigenvalue weighted by atomic mass is 16.4. The zero-order valence-corrected chi connectivity index (χ0v) is 26.3. The van der Waals surface area contributed by atoms with Crippen LogP contribution in [0.3, 0.4) is 0 Å². The Kier molecular flexibility index (Phi) is 36.9. The Hall–Kier alpha value is -2.10. The average Bonchev–Trinajstić information content (AvgIpc) is 2.93. The number of carbonyl (C=O) groups is 2. The number of hydrogen-bond donors (Lipinski definition) is 2. The molecule has 0 spiro atoms. The lowest BCUT2D eigenvalue weighted by Gasteiger charge is -2.02. The Morgan fingerprint density at radius 2 is 0.700 bits per heavy atom. The summed E-state index contributed by atoms with van der Waals surface area (Å²) in [6, 6.07) is 0. The molecule has 0 saturated heterocycles. The van der Waals surface area contributed by atoms with E-state index in [0.717, 1.165) is 44.9 Å². The van der Waals surface area contributed by atoms with Gasteiger partial charge in [0.2, 0.25) is 0 Å². The van der Waals surface area contributed by atoms with Crippen LogP contribution in [0.1, 0.15) is 168 Å². The molecular weight excluding hydrogens is 496 g/mol. The van der Waals surface area contributed by atoms with Gasteiger partial charge in [0.05, 0.1) is 0 Å². The zero-order valence-electron chi connectivity index (χ0n) is 26.3. The van der Waals surface area contributed by atoms with Crippen LogP contribution in [0.4, 0.5) is 0 Å². The number of hydrogen-bond acceptors (Lipinski definition) is 2. The summed E-state index contributed by atoms with van der Waals surface area (Å²) in [6.45, 7) is 4.49. The van der Waals surface area contributed by atoms with Crippen LogP contribution in [0.2, 0.25) is 0 Å². The summed E-state index contributed by atoms with van der Waals surface area (Å²) in [7, 11) is 0. The predicted molar refractivity (Wildman–Crippen MR) is 174 cm³/mol. The van der Waals surface area contributed by atoms with Crippen LogP contribution in [0, 0.1) is 0 Å². The molecule has 0 amide bonds. The van der Waals surface area contributed by atoms with Crippen LogP contribution in [0.15, 0.2) is 48.6 Å². The van der Waals surface area contributed by atoms with Crippen molar-refractivity contribution in [3.05, 3.63) is 48.6 Å². The van der Waals surface area contributed by atoms with Gasteiger partial charge in [0.1, 0.15) is 0 Å². The molecular formula is C36H64O4. The first-order chi connectivity index (χ1) is 19.5. The van der Waals surface area contributed by atoms with Crippen molar-refractivity contribution in [2.24, 2.45) is 0 Å². The van der Waals surface area contributed by atoms with E-state index in [0.29, 0.717) is 6.42 Å². The van der Waals surface area contributed by atoms with Gasteiger partial charge < -0.3 is 10.2 Å². The van der Waals surface area contributed by atoms with Gasteiger partial charge in [0.15, 0.2) is 0 Å². The number of allylic oxidation sites excluding steroid dienone is 8. The minimum atomic E-state index is -0.712. The van der Waals surface area contributed by atoms with E-state index >= 15 is 0 Å². The van der Waals surface area contributed by atoms with Crippen LogP contribution >= 0.6 is 0 Å². The van der Waals surface area contributed by atoms with E-state index in [4.69, 9.17) is 10.2 Å². The summed E-state index contributed by atoms with van der Waals surface area (Å²) >= 11 is 0. The zero-order chi connectivity index (χ0) is 29.8. The second kappa shape index (κ2) is 36.9. The average molecular weight is 561 g/mol. The molecule has 4 heteroatoms. The van der Waals surface area contributed by atoms with Gasteiger partial charge in [-0.25, -0.2) is 0 Å². The van der Waals surface area contributed by atoms with E-state index in [1.165, 1.54) is 96.3 Å². The van der Waals surface area contributed by atoms with Gasteiger partial charge in [-0.3, -0.25) is 9.59 Å². The van der Waals surface area contributed by atoms with Crippen molar-refractivity contribution in [2.75, 3.05) is 0 Å². The fourth-order valence-corrected chi connectivity index (χ4v) is 4.23. The van der Waals surface area contributed by atoms with Crippen LogP contribution in [0.25, 0.3) is 0 Å². The Balaban J connectivity index is 0. The van der Waals surface area contributed by atoms with Crippen LogP contribution in [0.5, 0.6) is 0 Å². The predicted octanol–water partition coefficient (Wildman–Crippen LogP) is 11.8. The van der Waals surface area contributed by atoms with Crippen LogP contribution in [-0.4, -0.2) is 22.2 Å². The molecule has 0 aliphatic carbocycles. The molecule has 0 aliphatic heterocycles. The smallest absolute Gasteiger partial charge is 0.303 e. The van der Waals surface area contributed by atoms with E-state index in [1.54, 1.807) is 0 Å². The molecule has 0 aromatic carbocycles. The number of carboxylic acid groups (broad SMARTS) is 2. The lowest BCUT2D eigenvalue weighted by Crippen LogP contribution is -1.93. The third kappa shape index (κ3) is 43.0. The van der Waals surface area contributed by atoms with Crippen molar-refractivity contribution in [1.82, 2.24) is 0 Å². The molecule has 0 radical (unpaired) electrons. The fraction of sp³-hybridized carbons (Fsp3) is 0.722. The second-order valence-electron chi connectivity index (χ2n) is 10.8. The maximum Gasteiger partial charge on any atom is 0.303 e. The Labute approximate surface area is 248 Å². The van der Waals surface area contributed by atoms with Crippen molar-refractivity contribution >= 4 is 11.9 Å². The van der Waals surface area contributed by atoms with Gasteiger partial charge in [-0.2, -0.15) is 0 Å². The number of carboxylic acids is 2. The quantitative estimate of drug-likeness (QED) is 0.0737. The lowest BCUT2D eigenvalue weighted by atomic mass is 10.0. The van der Waals surface area contributed by atoms with Gasteiger partial charge >= 0.3 is 11.9 Å². The van der Waals surface area contributed by atoms with Crippen molar-refractivity contribution in [3.8, 4) is 0 Å². The highest BCUT2D eigenvalue weighted by molar-refractivity contribution is 5.66. The first-order valence-electron chi connectivity index (χ1n) is 16.6. The largest absolute Gasteiger partial charge is 0.481 e. The molecule has 0 heterocycles. The van der Waals surface area contributed by atoms with Crippen LogP contribution < -0.4 is 0 Å². The number of rotatable bonds is 28. The van der Waals surface area contributed by atoms with E-state index < -0.39 is 11.9 Å². The first-order valence-corrected chi connectivity index (χ1v) is 16.6. The van der Waals surface area contributed by atoms with Gasteiger partial charge in [-0.15, -0.1) is 0 Å². The summed E-state index contributed by atoms with van der Waals surface area (Å²) in [5.41, 5.74) is 0. The van der Waals surface area contributed by atoms with E-state index in [2.05, 4.69) is 62.5 Å². The molecule has 0 aromatic rings. The summed E-state index contributed by atoms with van der Waals surface area (Å²) in [4.78, 5) is 20.6. The monoisotopic (exact) mass is 560 g/mol. The van der Waals surface area contributed by atoms with E-state index in [1.807, 2.05) is 0 Å². The van der Waals surface area contributed by atoms with Crippen molar-refractivity contribution in [2.45, 2.75) is 168 Å². The third-order valence-electron chi connectivity index (χ3n) is 6.71. The summed E-state index contributed by atoms with van der Waals surface area (Å²) < 4.78 is 0. The molecule has 0 atom stereocenters. The molecule has 0 saturated carbocycles. The molecule has 0 unspecified atom stereocenters. The lowest BCUT2D eigenvalue weighted by molar-refractivity contribution is -0.138. The van der Waals surface area contributed by atoms with Crippen LogP contribution in [-0.2, 0) is 9.59 Å². The molecule has 0 rings (SSSR count). The molecule has 0 aliphatic rings. The topological polar surface area (TPSA) is 74.6 Å². The standard InChI is InChI=1S/C20H32O2.C16H32O2/c1-2-3-4-5-6-7-8-9-10-11-12-13-14-15-16-17-18-19-20(21)22;1-2-3-4-5-6-7-8-9-10-11-12-13-14-15-16(17)18/h6-7,9-10,12-13,15-16H,2-5,8,11,14,17-19H2,1H3,(H,21,22);2-15H2,1H3,(H,17,18). The minimum Gasteiger partial charge on any atom is -0.481 e. The normalized spacial score (nSPS) is 11.7. The minimum absolute atomic E-state index is 0.262. The highest BCUT2D eigenvalue weighted by Gasteiger charge is 1.97. The first kappa shape index (κ1) is 40.0. The van der Waals surface area contributed by atoms with Gasteiger partial charge in [-0.05, 0) is 51.4 Å². The molecule has 40 heavy (non-hydrogen) atoms. The highest BCUT2D eigenvalue weighted by Crippen LogP contribution is 2.12. The van der Waals surface area contributed by atoms with Crippen molar-refractivity contribution < 1.29 is 19.8 Å². The summed E-state index contributed by atoms with van der Waals surface area (Å²) in [6.07, 6.45) is 44.6. The van der Waals surface area contributed by atoms with E-state index in [9.17, 15) is 9.59 Å². The Morgan fingerprint density at radius 3 is 1.10 bits per heavy atom. The van der Waals surface area contributed by atoms with Crippen molar-refractivity contribution in [3.63, 3.8) is 0 Å². The maximum absolute atomic E-state index is 10.3. The molecule has 4 nitrogen and oxygen atoms in total. The SMILES string of the molecule is CCCCCC=CCC=CCC=CCC=CCCCC(=O)O.CCCCCCCCCCCCCCCC(=O)O. The second-order valence-corrected chi connectivity index (χ2v) is 10.8. The molecule has 0 bridgehead atoms. The number of unbranched alkanes of at least 4 members (excludes halogenated alkanes) is 16. The molecule has 232 valence electrons. The van der Waals surface area contributed by atoms with Crippen molar-refractivity contribution in [1.29, 1.82) is 0 Å². The Bertz CT molecular complexity index is 645. The fourth-order valence-electron chi connectivity index (χ4n) is 4.23. The molecule has 0 fully saturated rings. The third-order valence-corrected chi connectivity index (χ3v) is 6.71. The van der Waals surface area contributed by atoms with Gasteiger partial charge in [-0.1, -0.05) is 152 Å². The van der Waals surface area contributed by atoms with Gasteiger partial charge in [0, 0.05) is 12.8 Å². The summed E-state index contributed by atoms with van der Waals surface area (Å²) in [5.74, 6) is -1.37. The molecule has 0 aromatic heterocycles.